The summed E-state index contributed by atoms with van der Waals surface area (Å²) in [6.07, 6.45) is 1.70. The van der Waals surface area contributed by atoms with Gasteiger partial charge in [-0.05, 0) is 19.4 Å². The van der Waals surface area contributed by atoms with Crippen LogP contribution in [0, 0.1) is 0 Å². The predicted octanol–water partition coefficient (Wildman–Crippen LogP) is 0.484. The average molecular weight is 225 g/mol. The van der Waals surface area contributed by atoms with E-state index in [0.717, 1.165) is 6.26 Å². The molecule has 5 nitrogen and oxygen atoms in total. The van der Waals surface area contributed by atoms with Crippen LogP contribution in [0.25, 0.3) is 0 Å². The predicted molar refractivity (Wildman–Crippen MR) is 58.3 cm³/mol. The Labute approximate surface area is 93.3 Å². The second kappa shape index (κ2) is 6.07. The first-order valence-electron chi connectivity index (χ1n) is 5.18. The number of nitrogens with zero attached hydrogens (tertiary/aromatic N) is 1. The van der Waals surface area contributed by atoms with Crippen molar-refractivity contribution in [2.45, 2.75) is 13.3 Å². The van der Waals surface area contributed by atoms with Gasteiger partial charge in [0, 0.05) is 25.8 Å². The van der Waals surface area contributed by atoms with Gasteiger partial charge in [-0.15, -0.1) is 0 Å². The van der Waals surface area contributed by atoms with Gasteiger partial charge in [0.05, 0.1) is 5.56 Å². The van der Waals surface area contributed by atoms with Crippen LogP contribution in [0.15, 0.2) is 27.6 Å². The molecule has 0 aromatic carbocycles. The molecule has 0 saturated heterocycles. The van der Waals surface area contributed by atoms with Crippen LogP contribution in [-0.4, -0.2) is 35.6 Å². The van der Waals surface area contributed by atoms with Crippen molar-refractivity contribution in [3.8, 4) is 0 Å². The second-order valence-electron chi connectivity index (χ2n) is 3.31. The van der Waals surface area contributed by atoms with Crippen LogP contribution in [0.3, 0.4) is 0 Å². The van der Waals surface area contributed by atoms with Gasteiger partial charge in [-0.25, -0.2) is 4.79 Å². The fourth-order valence-electron chi connectivity index (χ4n) is 1.33. The summed E-state index contributed by atoms with van der Waals surface area (Å²) in [5, 5.41) is 8.70. The number of carbonyl (C=O) groups is 1. The van der Waals surface area contributed by atoms with Gasteiger partial charge in [0.1, 0.15) is 6.26 Å². The van der Waals surface area contributed by atoms with Crippen molar-refractivity contribution in [2.75, 3.05) is 19.7 Å². The van der Waals surface area contributed by atoms with Crippen molar-refractivity contribution in [1.29, 1.82) is 0 Å². The maximum Gasteiger partial charge on any atom is 0.335 e. The molecule has 0 saturated carbocycles. The van der Waals surface area contributed by atoms with Crippen molar-refractivity contribution in [1.82, 2.24) is 4.90 Å². The lowest BCUT2D eigenvalue weighted by Crippen LogP contribution is -2.32. The molecule has 1 aromatic rings. The Morgan fingerprint density at radius 2 is 2.25 bits per heavy atom. The lowest BCUT2D eigenvalue weighted by Gasteiger charge is -2.19. The van der Waals surface area contributed by atoms with Crippen LogP contribution < -0.4 is 5.63 Å². The third-order valence-corrected chi connectivity index (χ3v) is 2.20. The minimum atomic E-state index is -0.477. The fraction of sp³-hybridized carbons (Fsp3) is 0.455. The molecule has 0 aliphatic carbocycles. The second-order valence-corrected chi connectivity index (χ2v) is 3.31. The van der Waals surface area contributed by atoms with Gasteiger partial charge < -0.3 is 14.4 Å². The number of aliphatic hydroxyl groups is 1. The third-order valence-electron chi connectivity index (χ3n) is 2.20. The normalized spacial score (nSPS) is 10.1. The molecule has 0 fully saturated rings. The highest BCUT2D eigenvalue weighted by molar-refractivity contribution is 5.93. The monoisotopic (exact) mass is 225 g/mol. The summed E-state index contributed by atoms with van der Waals surface area (Å²) in [7, 11) is 0. The molecular formula is C11H15NO4. The highest BCUT2D eigenvalue weighted by Gasteiger charge is 2.13. The fourth-order valence-corrected chi connectivity index (χ4v) is 1.33. The van der Waals surface area contributed by atoms with Crippen molar-refractivity contribution < 1.29 is 14.3 Å². The van der Waals surface area contributed by atoms with Crippen LogP contribution in [-0.2, 0) is 0 Å². The first-order valence-corrected chi connectivity index (χ1v) is 5.18. The van der Waals surface area contributed by atoms with E-state index in [9.17, 15) is 9.59 Å². The van der Waals surface area contributed by atoms with Crippen LogP contribution in [0.1, 0.15) is 23.7 Å². The Bertz CT molecular complexity index is 379. The standard InChI is InChI=1S/C11H15NO4/c1-2-12(6-3-7-13)11(15)9-4-5-10(14)16-8-9/h4-5,8,13H,2-3,6-7H2,1H3. The number of rotatable bonds is 5. The first kappa shape index (κ1) is 12.4. The molecule has 0 aliphatic rings. The van der Waals surface area contributed by atoms with Crippen molar-refractivity contribution in [2.24, 2.45) is 0 Å². The molecule has 16 heavy (non-hydrogen) atoms. The van der Waals surface area contributed by atoms with E-state index in [4.69, 9.17) is 5.11 Å². The zero-order valence-corrected chi connectivity index (χ0v) is 9.18. The van der Waals surface area contributed by atoms with Crippen LogP contribution in [0.2, 0.25) is 0 Å². The lowest BCUT2D eigenvalue weighted by molar-refractivity contribution is 0.0751. The lowest BCUT2D eigenvalue weighted by atomic mass is 10.2. The molecule has 88 valence electrons. The minimum absolute atomic E-state index is 0.0493. The summed E-state index contributed by atoms with van der Waals surface area (Å²) in [6, 6.07) is 2.66. The Hall–Kier alpha value is -1.62. The summed E-state index contributed by atoms with van der Waals surface area (Å²) in [5.41, 5.74) is -0.130. The number of aliphatic hydroxyl groups excluding tert-OH is 1. The molecule has 0 aliphatic heterocycles. The van der Waals surface area contributed by atoms with Gasteiger partial charge >= 0.3 is 5.63 Å². The minimum Gasteiger partial charge on any atom is -0.430 e. The zero-order valence-electron chi connectivity index (χ0n) is 9.18. The number of hydrogen-bond acceptors (Lipinski definition) is 4. The van der Waals surface area contributed by atoms with E-state index in [-0.39, 0.29) is 12.5 Å². The zero-order chi connectivity index (χ0) is 12.0. The van der Waals surface area contributed by atoms with Gasteiger partial charge in [0.2, 0.25) is 0 Å². The molecular weight excluding hydrogens is 210 g/mol. The molecule has 0 radical (unpaired) electrons. The van der Waals surface area contributed by atoms with Gasteiger partial charge in [0.15, 0.2) is 0 Å². The maximum absolute atomic E-state index is 11.9. The number of carbonyl (C=O) groups excluding carboxylic acids is 1. The molecule has 1 rings (SSSR count). The number of amides is 1. The molecule has 0 spiro atoms. The molecule has 5 heteroatoms. The highest BCUT2D eigenvalue weighted by Crippen LogP contribution is 2.03. The van der Waals surface area contributed by atoms with Crippen molar-refractivity contribution in [3.05, 3.63) is 34.4 Å². The summed E-state index contributed by atoms with van der Waals surface area (Å²) in [6.45, 7) is 2.95. The molecule has 1 amide bonds. The molecule has 1 N–H and O–H groups in total. The van der Waals surface area contributed by atoms with Gasteiger partial charge in [-0.2, -0.15) is 0 Å². The van der Waals surface area contributed by atoms with Crippen molar-refractivity contribution >= 4 is 5.91 Å². The first-order chi connectivity index (χ1) is 7.69. The molecule has 0 atom stereocenters. The number of hydrogen-bond donors (Lipinski definition) is 1. The quantitative estimate of drug-likeness (QED) is 0.791. The van der Waals surface area contributed by atoms with E-state index in [2.05, 4.69) is 4.42 Å². The molecule has 0 unspecified atom stereocenters. The van der Waals surface area contributed by atoms with E-state index >= 15 is 0 Å². The maximum atomic E-state index is 11.9. The summed E-state index contributed by atoms with van der Waals surface area (Å²) in [5.74, 6) is -0.195. The topological polar surface area (TPSA) is 70.8 Å². The molecule has 1 heterocycles. The Kier molecular flexibility index (Phi) is 4.72. The average Bonchev–Trinajstić information content (AvgIpc) is 2.30. The summed E-state index contributed by atoms with van der Waals surface area (Å²) < 4.78 is 4.63. The summed E-state index contributed by atoms with van der Waals surface area (Å²) >= 11 is 0. The van der Waals surface area contributed by atoms with Crippen LogP contribution >= 0.6 is 0 Å². The summed E-state index contributed by atoms with van der Waals surface area (Å²) in [4.78, 5) is 24.2. The molecule has 1 aromatic heterocycles. The van der Waals surface area contributed by atoms with Crippen LogP contribution in [0.5, 0.6) is 0 Å². The Morgan fingerprint density at radius 1 is 1.50 bits per heavy atom. The third kappa shape index (κ3) is 3.20. The highest BCUT2D eigenvalue weighted by atomic mass is 16.4. The van der Waals surface area contributed by atoms with Crippen molar-refractivity contribution in [3.63, 3.8) is 0 Å². The Balaban J connectivity index is 2.74. The van der Waals surface area contributed by atoms with E-state index in [0.29, 0.717) is 25.1 Å². The SMILES string of the molecule is CCN(CCCO)C(=O)c1ccc(=O)oc1. The van der Waals surface area contributed by atoms with Gasteiger partial charge in [-0.3, -0.25) is 4.79 Å². The Morgan fingerprint density at radius 3 is 2.75 bits per heavy atom. The van der Waals surface area contributed by atoms with Gasteiger partial charge in [-0.1, -0.05) is 0 Å². The van der Waals surface area contributed by atoms with Crippen LogP contribution in [0.4, 0.5) is 0 Å². The van der Waals surface area contributed by atoms with E-state index in [1.54, 1.807) is 4.90 Å². The van der Waals surface area contributed by atoms with E-state index in [1.807, 2.05) is 6.92 Å². The van der Waals surface area contributed by atoms with E-state index < -0.39 is 5.63 Å². The largest absolute Gasteiger partial charge is 0.430 e. The van der Waals surface area contributed by atoms with E-state index in [1.165, 1.54) is 12.1 Å². The van der Waals surface area contributed by atoms with Gasteiger partial charge in [0.25, 0.3) is 5.91 Å². The smallest absolute Gasteiger partial charge is 0.335 e. The molecule has 0 bridgehead atoms.